The molecular weight excluding hydrogens is 272 g/mol. The van der Waals surface area contributed by atoms with Gasteiger partial charge in [0, 0.05) is 43.6 Å². The zero-order valence-corrected chi connectivity index (χ0v) is 13.2. The zero-order chi connectivity index (χ0) is 15.2. The number of hydrogen-bond donors (Lipinski definition) is 1. The molecule has 3 heterocycles. The van der Waals surface area contributed by atoms with E-state index in [1.807, 2.05) is 12.3 Å². The molecule has 4 nitrogen and oxygen atoms in total. The second-order valence-corrected chi connectivity index (χ2v) is 5.88. The first-order chi connectivity index (χ1) is 10.8. The van der Waals surface area contributed by atoms with Crippen LogP contribution < -0.4 is 5.32 Å². The molecule has 1 unspecified atom stereocenters. The summed E-state index contributed by atoms with van der Waals surface area (Å²) < 4.78 is 0. The van der Waals surface area contributed by atoms with Crippen molar-refractivity contribution in [2.45, 2.75) is 25.8 Å². The Morgan fingerprint density at radius 2 is 2.09 bits per heavy atom. The molecule has 4 heteroatoms. The van der Waals surface area contributed by atoms with Gasteiger partial charge in [0.15, 0.2) is 0 Å². The van der Waals surface area contributed by atoms with E-state index in [-0.39, 0.29) is 0 Å². The van der Waals surface area contributed by atoms with Gasteiger partial charge in [-0.15, -0.1) is 0 Å². The minimum Gasteiger partial charge on any atom is -0.315 e. The summed E-state index contributed by atoms with van der Waals surface area (Å²) in [7, 11) is 0. The minimum atomic E-state index is 0.301. The summed E-state index contributed by atoms with van der Waals surface area (Å²) in [5, 5.41) is 3.48. The van der Waals surface area contributed by atoms with E-state index in [4.69, 9.17) is 4.98 Å². The Balaban J connectivity index is 1.87. The molecule has 0 spiro atoms. The predicted octanol–water partition coefficient (Wildman–Crippen LogP) is 2.36. The number of nitrogens with one attached hydrogen (secondary N) is 1. The van der Waals surface area contributed by atoms with Gasteiger partial charge in [0.25, 0.3) is 0 Å². The summed E-state index contributed by atoms with van der Waals surface area (Å²) >= 11 is 0. The molecule has 0 bridgehead atoms. The molecule has 3 rings (SSSR count). The van der Waals surface area contributed by atoms with Gasteiger partial charge in [-0.25, -0.2) is 0 Å². The molecule has 2 aromatic heterocycles. The molecule has 0 amide bonds. The van der Waals surface area contributed by atoms with Crippen molar-refractivity contribution in [3.63, 3.8) is 0 Å². The second kappa shape index (κ2) is 7.47. The number of nitrogens with zero attached hydrogens (tertiary/aromatic N) is 3. The molecule has 1 N–H and O–H groups in total. The van der Waals surface area contributed by atoms with Gasteiger partial charge in [0.05, 0.1) is 11.7 Å². The first-order valence-electron chi connectivity index (χ1n) is 8.11. The highest BCUT2D eigenvalue weighted by molar-refractivity contribution is 5.17. The molecule has 0 aliphatic carbocycles. The second-order valence-electron chi connectivity index (χ2n) is 5.88. The Labute approximate surface area is 132 Å². The third-order valence-corrected chi connectivity index (χ3v) is 4.20. The van der Waals surface area contributed by atoms with Crippen LogP contribution in [0.15, 0.2) is 42.6 Å². The van der Waals surface area contributed by atoms with Crippen molar-refractivity contribution >= 4 is 0 Å². The summed E-state index contributed by atoms with van der Waals surface area (Å²) in [5.74, 6) is 0. The normalized spacial score (nSPS) is 17.9. The van der Waals surface area contributed by atoms with Gasteiger partial charge in [-0.3, -0.25) is 14.9 Å². The summed E-state index contributed by atoms with van der Waals surface area (Å²) in [6, 6.07) is 12.8. The lowest BCUT2D eigenvalue weighted by Gasteiger charge is -2.30. The Morgan fingerprint density at radius 3 is 2.91 bits per heavy atom. The first kappa shape index (κ1) is 15.1. The van der Waals surface area contributed by atoms with E-state index in [1.54, 1.807) is 0 Å². The summed E-state index contributed by atoms with van der Waals surface area (Å²) in [5.41, 5.74) is 3.37. The smallest absolute Gasteiger partial charge is 0.0582 e. The van der Waals surface area contributed by atoms with Crippen LogP contribution in [0, 0.1) is 6.92 Å². The van der Waals surface area contributed by atoms with Gasteiger partial charge in [0.1, 0.15) is 0 Å². The van der Waals surface area contributed by atoms with Crippen LogP contribution in [0.25, 0.3) is 0 Å². The van der Waals surface area contributed by atoms with E-state index >= 15 is 0 Å². The van der Waals surface area contributed by atoms with E-state index in [1.165, 1.54) is 6.42 Å². The van der Waals surface area contributed by atoms with Crippen molar-refractivity contribution in [3.05, 3.63) is 59.7 Å². The molecule has 2 aromatic rings. The predicted molar refractivity (Wildman–Crippen MR) is 88.7 cm³/mol. The van der Waals surface area contributed by atoms with Gasteiger partial charge in [-0.2, -0.15) is 0 Å². The Kier molecular flexibility index (Phi) is 5.14. The van der Waals surface area contributed by atoms with Crippen LogP contribution >= 0.6 is 0 Å². The standard InChI is InChI=1S/C18H24N4/c1-15-6-4-8-17(21-15)18(14-16-7-2-3-10-20-16)22-12-5-9-19-11-13-22/h2-4,6-8,10,18-19H,5,9,11-14H2,1H3. The van der Waals surface area contributed by atoms with Crippen LogP contribution in [0.3, 0.4) is 0 Å². The maximum atomic E-state index is 4.79. The van der Waals surface area contributed by atoms with Crippen LogP contribution in [0.1, 0.15) is 29.5 Å². The molecule has 116 valence electrons. The largest absolute Gasteiger partial charge is 0.315 e. The Bertz CT molecular complexity index is 577. The van der Waals surface area contributed by atoms with Crippen molar-refractivity contribution in [2.24, 2.45) is 0 Å². The first-order valence-corrected chi connectivity index (χ1v) is 8.11. The molecule has 0 aromatic carbocycles. The summed E-state index contributed by atoms with van der Waals surface area (Å²) in [4.78, 5) is 11.9. The van der Waals surface area contributed by atoms with Crippen LogP contribution in [0.4, 0.5) is 0 Å². The van der Waals surface area contributed by atoms with Gasteiger partial charge in [-0.05, 0) is 44.2 Å². The highest BCUT2D eigenvalue weighted by atomic mass is 15.2. The zero-order valence-electron chi connectivity index (χ0n) is 13.2. The molecule has 1 aliphatic heterocycles. The van der Waals surface area contributed by atoms with Gasteiger partial charge in [-0.1, -0.05) is 12.1 Å². The summed E-state index contributed by atoms with van der Waals surface area (Å²) in [6.45, 7) is 6.39. The van der Waals surface area contributed by atoms with Crippen LogP contribution in [-0.2, 0) is 6.42 Å². The number of aryl methyl sites for hydroxylation is 1. The fourth-order valence-corrected chi connectivity index (χ4v) is 3.07. The Hall–Kier alpha value is -1.78. The van der Waals surface area contributed by atoms with Crippen molar-refractivity contribution in [2.75, 3.05) is 26.2 Å². The SMILES string of the molecule is Cc1cccc(C(Cc2ccccn2)N2CCCNCC2)n1. The topological polar surface area (TPSA) is 41.1 Å². The van der Waals surface area contributed by atoms with E-state index in [0.717, 1.165) is 49.7 Å². The van der Waals surface area contributed by atoms with Crippen molar-refractivity contribution in [1.29, 1.82) is 0 Å². The lowest BCUT2D eigenvalue weighted by atomic mass is 10.0. The molecule has 0 saturated carbocycles. The number of aromatic nitrogens is 2. The quantitative estimate of drug-likeness (QED) is 0.940. The molecular formula is C18H24N4. The lowest BCUT2D eigenvalue weighted by Crippen LogP contribution is -2.34. The van der Waals surface area contributed by atoms with E-state index in [9.17, 15) is 0 Å². The molecule has 22 heavy (non-hydrogen) atoms. The van der Waals surface area contributed by atoms with E-state index < -0.39 is 0 Å². The molecule has 1 atom stereocenters. The van der Waals surface area contributed by atoms with Gasteiger partial charge in [0.2, 0.25) is 0 Å². The van der Waals surface area contributed by atoms with E-state index in [0.29, 0.717) is 6.04 Å². The highest BCUT2D eigenvalue weighted by Gasteiger charge is 2.23. The van der Waals surface area contributed by atoms with Crippen molar-refractivity contribution in [1.82, 2.24) is 20.2 Å². The fraction of sp³-hybridized carbons (Fsp3) is 0.444. The summed E-state index contributed by atoms with van der Waals surface area (Å²) in [6.07, 6.45) is 3.97. The average Bonchev–Trinajstić information content (AvgIpc) is 2.83. The molecule has 1 fully saturated rings. The van der Waals surface area contributed by atoms with Crippen LogP contribution in [0.2, 0.25) is 0 Å². The van der Waals surface area contributed by atoms with Gasteiger partial charge >= 0.3 is 0 Å². The molecule has 1 saturated heterocycles. The maximum Gasteiger partial charge on any atom is 0.0582 e. The van der Waals surface area contributed by atoms with Crippen molar-refractivity contribution in [3.8, 4) is 0 Å². The lowest BCUT2D eigenvalue weighted by molar-refractivity contribution is 0.204. The maximum absolute atomic E-state index is 4.79. The fourth-order valence-electron chi connectivity index (χ4n) is 3.07. The number of hydrogen-bond acceptors (Lipinski definition) is 4. The van der Waals surface area contributed by atoms with E-state index in [2.05, 4.69) is 52.5 Å². The highest BCUT2D eigenvalue weighted by Crippen LogP contribution is 2.24. The third-order valence-electron chi connectivity index (χ3n) is 4.20. The molecule has 0 radical (unpaired) electrons. The average molecular weight is 296 g/mol. The van der Waals surface area contributed by atoms with Crippen LogP contribution in [-0.4, -0.2) is 41.0 Å². The number of pyridine rings is 2. The Morgan fingerprint density at radius 1 is 1.14 bits per heavy atom. The monoisotopic (exact) mass is 296 g/mol. The van der Waals surface area contributed by atoms with Crippen LogP contribution in [0.5, 0.6) is 0 Å². The van der Waals surface area contributed by atoms with Gasteiger partial charge < -0.3 is 5.32 Å². The number of rotatable bonds is 4. The third kappa shape index (κ3) is 3.90. The minimum absolute atomic E-state index is 0.301. The molecule has 1 aliphatic rings. The van der Waals surface area contributed by atoms with Crippen molar-refractivity contribution < 1.29 is 0 Å².